The summed E-state index contributed by atoms with van der Waals surface area (Å²) < 4.78 is 0. The van der Waals surface area contributed by atoms with Crippen LogP contribution in [0.4, 0.5) is 5.69 Å². The van der Waals surface area contributed by atoms with Crippen LogP contribution in [0.15, 0.2) is 12.1 Å². The molecule has 0 radical (unpaired) electrons. The highest BCUT2D eigenvalue weighted by Crippen LogP contribution is 2.36. The highest BCUT2D eigenvalue weighted by Gasteiger charge is 2.22. The summed E-state index contributed by atoms with van der Waals surface area (Å²) in [4.78, 5) is 0. The van der Waals surface area contributed by atoms with Crippen LogP contribution in [0.2, 0.25) is 0 Å². The molecule has 0 saturated heterocycles. The van der Waals surface area contributed by atoms with Crippen molar-refractivity contribution in [2.75, 3.05) is 5.32 Å². The number of nitrogens with one attached hydrogen (secondary N) is 1. The van der Waals surface area contributed by atoms with E-state index in [4.69, 9.17) is 0 Å². The van der Waals surface area contributed by atoms with E-state index >= 15 is 0 Å². The summed E-state index contributed by atoms with van der Waals surface area (Å²) in [5, 5.41) is 3.60. The Hall–Kier alpha value is -0.980. The summed E-state index contributed by atoms with van der Waals surface area (Å²) >= 11 is 0. The summed E-state index contributed by atoms with van der Waals surface area (Å²) in [5.74, 6) is 0.695. The van der Waals surface area contributed by atoms with Gasteiger partial charge in [-0.2, -0.15) is 0 Å². The first-order chi connectivity index (χ1) is 6.59. The normalized spacial score (nSPS) is 25.4. The maximum absolute atomic E-state index is 3.60. The quantitative estimate of drug-likeness (QED) is 0.657. The molecule has 0 amide bonds. The van der Waals surface area contributed by atoms with E-state index in [0.29, 0.717) is 12.0 Å². The molecule has 1 nitrogen and oxygen atoms in total. The maximum Gasteiger partial charge on any atom is 0.0409 e. The van der Waals surface area contributed by atoms with Crippen molar-refractivity contribution in [3.8, 4) is 0 Å². The van der Waals surface area contributed by atoms with E-state index in [2.05, 4.69) is 45.1 Å². The van der Waals surface area contributed by atoms with Gasteiger partial charge in [-0.25, -0.2) is 0 Å². The van der Waals surface area contributed by atoms with E-state index in [0.717, 1.165) is 0 Å². The average molecular weight is 189 g/mol. The Balaban J connectivity index is 2.54. The van der Waals surface area contributed by atoms with Crippen molar-refractivity contribution in [2.24, 2.45) is 0 Å². The molecular weight excluding hydrogens is 170 g/mol. The lowest BCUT2D eigenvalue weighted by molar-refractivity contribution is 0.589. The summed E-state index contributed by atoms with van der Waals surface area (Å²) in [6.07, 6.45) is 1.25. The van der Waals surface area contributed by atoms with Gasteiger partial charge in [0.1, 0.15) is 0 Å². The van der Waals surface area contributed by atoms with Crippen molar-refractivity contribution in [3.05, 3.63) is 28.8 Å². The van der Waals surface area contributed by atoms with Crippen LogP contribution in [0.5, 0.6) is 0 Å². The van der Waals surface area contributed by atoms with Gasteiger partial charge in [0.2, 0.25) is 0 Å². The molecule has 2 atom stereocenters. The number of fused-ring (bicyclic) bond motifs is 1. The number of benzene rings is 1. The van der Waals surface area contributed by atoms with E-state index in [1.54, 1.807) is 0 Å². The maximum atomic E-state index is 3.60. The van der Waals surface area contributed by atoms with Gasteiger partial charge in [-0.3, -0.25) is 0 Å². The molecule has 14 heavy (non-hydrogen) atoms. The van der Waals surface area contributed by atoms with Crippen LogP contribution in [-0.2, 0) is 0 Å². The number of hydrogen-bond acceptors (Lipinski definition) is 1. The molecule has 76 valence electrons. The lowest BCUT2D eigenvalue weighted by Crippen LogP contribution is -2.25. The molecule has 1 heterocycles. The first-order valence-electron chi connectivity index (χ1n) is 5.46. The third kappa shape index (κ3) is 1.41. The van der Waals surface area contributed by atoms with Gasteiger partial charge in [-0.15, -0.1) is 0 Å². The van der Waals surface area contributed by atoms with Gasteiger partial charge in [0, 0.05) is 11.7 Å². The predicted molar refractivity (Wildman–Crippen MR) is 62.0 cm³/mol. The first kappa shape index (κ1) is 9.57. The fourth-order valence-electron chi connectivity index (χ4n) is 2.40. The molecule has 1 aliphatic rings. The minimum absolute atomic E-state index is 0.609. The zero-order valence-corrected chi connectivity index (χ0v) is 9.52. The van der Waals surface area contributed by atoms with E-state index < -0.39 is 0 Å². The van der Waals surface area contributed by atoms with Gasteiger partial charge in [-0.1, -0.05) is 19.1 Å². The molecule has 0 saturated carbocycles. The molecule has 2 rings (SSSR count). The zero-order valence-electron chi connectivity index (χ0n) is 9.52. The predicted octanol–water partition coefficient (Wildman–Crippen LogP) is 3.61. The molecule has 0 bridgehead atoms. The molecule has 1 aromatic rings. The SMILES string of the molecule is Cc1ccc2c(c1C)N[C@H](C)C[C@H]2C. The Morgan fingerprint density at radius 1 is 1.21 bits per heavy atom. The van der Waals surface area contributed by atoms with Crippen molar-refractivity contribution < 1.29 is 0 Å². The second kappa shape index (κ2) is 3.30. The van der Waals surface area contributed by atoms with Gasteiger partial charge >= 0.3 is 0 Å². The molecule has 1 heteroatoms. The Morgan fingerprint density at radius 2 is 1.93 bits per heavy atom. The van der Waals surface area contributed by atoms with Crippen molar-refractivity contribution in [2.45, 2.75) is 46.1 Å². The molecule has 1 N–H and O–H groups in total. The summed E-state index contributed by atoms with van der Waals surface area (Å²) in [5.41, 5.74) is 5.68. The molecule has 1 aromatic carbocycles. The van der Waals surface area contributed by atoms with Crippen LogP contribution >= 0.6 is 0 Å². The van der Waals surface area contributed by atoms with Crippen LogP contribution in [0.25, 0.3) is 0 Å². The number of aryl methyl sites for hydroxylation is 1. The van der Waals surface area contributed by atoms with Gasteiger partial charge in [0.25, 0.3) is 0 Å². The molecule has 0 aromatic heterocycles. The smallest absolute Gasteiger partial charge is 0.0409 e. The monoisotopic (exact) mass is 189 g/mol. The fourth-order valence-corrected chi connectivity index (χ4v) is 2.40. The minimum atomic E-state index is 0.609. The zero-order chi connectivity index (χ0) is 10.3. The lowest BCUT2D eigenvalue weighted by Gasteiger charge is -2.31. The Kier molecular flexibility index (Phi) is 2.26. The lowest BCUT2D eigenvalue weighted by atomic mass is 9.86. The van der Waals surface area contributed by atoms with Gasteiger partial charge in [0.15, 0.2) is 0 Å². The highest BCUT2D eigenvalue weighted by atomic mass is 14.9. The topological polar surface area (TPSA) is 12.0 Å². The van der Waals surface area contributed by atoms with Crippen LogP contribution in [0, 0.1) is 13.8 Å². The largest absolute Gasteiger partial charge is 0.382 e. The number of anilines is 1. The Labute approximate surface area is 86.5 Å². The summed E-state index contributed by atoms with van der Waals surface area (Å²) in [6.45, 7) is 8.99. The van der Waals surface area contributed by atoms with Crippen molar-refractivity contribution in [1.82, 2.24) is 0 Å². The molecule has 0 spiro atoms. The fraction of sp³-hybridized carbons (Fsp3) is 0.538. The van der Waals surface area contributed by atoms with Crippen LogP contribution in [-0.4, -0.2) is 6.04 Å². The second-order valence-corrected chi connectivity index (χ2v) is 4.65. The van der Waals surface area contributed by atoms with Gasteiger partial charge in [0.05, 0.1) is 0 Å². The molecule has 0 unspecified atom stereocenters. The van der Waals surface area contributed by atoms with Gasteiger partial charge < -0.3 is 5.32 Å². The number of rotatable bonds is 0. The van der Waals surface area contributed by atoms with Crippen LogP contribution in [0.3, 0.4) is 0 Å². The third-order valence-electron chi connectivity index (χ3n) is 3.40. The summed E-state index contributed by atoms with van der Waals surface area (Å²) in [7, 11) is 0. The van der Waals surface area contributed by atoms with Crippen molar-refractivity contribution >= 4 is 5.69 Å². The average Bonchev–Trinajstić information content (AvgIpc) is 2.12. The second-order valence-electron chi connectivity index (χ2n) is 4.65. The van der Waals surface area contributed by atoms with E-state index in [9.17, 15) is 0 Å². The molecule has 1 aliphatic heterocycles. The molecule has 0 aliphatic carbocycles. The van der Waals surface area contributed by atoms with E-state index in [1.807, 2.05) is 0 Å². The van der Waals surface area contributed by atoms with E-state index in [1.165, 1.54) is 28.8 Å². The first-order valence-corrected chi connectivity index (χ1v) is 5.46. The highest BCUT2D eigenvalue weighted by molar-refractivity contribution is 5.62. The Morgan fingerprint density at radius 3 is 2.64 bits per heavy atom. The van der Waals surface area contributed by atoms with Gasteiger partial charge in [-0.05, 0) is 49.8 Å². The standard InChI is InChI=1S/C13H19N/c1-8-5-6-12-9(2)7-10(3)14-13(12)11(8)4/h5-6,9-10,14H,7H2,1-4H3/t9-,10-/m1/s1. The van der Waals surface area contributed by atoms with Crippen LogP contribution < -0.4 is 5.32 Å². The molecule has 0 fully saturated rings. The summed E-state index contributed by atoms with van der Waals surface area (Å²) in [6, 6.07) is 5.13. The van der Waals surface area contributed by atoms with Crippen molar-refractivity contribution in [1.29, 1.82) is 0 Å². The third-order valence-corrected chi connectivity index (χ3v) is 3.40. The van der Waals surface area contributed by atoms with Crippen LogP contribution in [0.1, 0.15) is 42.9 Å². The van der Waals surface area contributed by atoms with Crippen molar-refractivity contribution in [3.63, 3.8) is 0 Å². The van der Waals surface area contributed by atoms with E-state index in [-0.39, 0.29) is 0 Å². The number of hydrogen-bond donors (Lipinski definition) is 1. The minimum Gasteiger partial charge on any atom is -0.382 e. The Bertz CT molecular complexity index is 354. The molecular formula is C13H19N.